The molecule has 2 fully saturated rings. The lowest BCUT2D eigenvalue weighted by Crippen LogP contribution is -2.54. The fraction of sp³-hybridized carbons (Fsp3) is 0.458. The van der Waals surface area contributed by atoms with Gasteiger partial charge >= 0.3 is 0 Å². The number of nitrogens with one attached hydrogen (secondary N) is 1. The maximum atomic E-state index is 13.2. The number of unbranched alkanes of at least 4 members (excludes halogenated alkanes) is 5. The van der Waals surface area contributed by atoms with Crippen molar-refractivity contribution in [2.75, 3.05) is 57.4 Å². The Hall–Kier alpha value is -5.75. The third-order valence-electron chi connectivity index (χ3n) is 12.3. The van der Waals surface area contributed by atoms with Crippen molar-refractivity contribution in [3.63, 3.8) is 0 Å². The van der Waals surface area contributed by atoms with Gasteiger partial charge in [-0.25, -0.2) is 23.5 Å². The number of aromatic nitrogens is 2. The summed E-state index contributed by atoms with van der Waals surface area (Å²) in [4.78, 5) is 64.1. The molecule has 0 aliphatic carbocycles. The Morgan fingerprint density at radius 3 is 2.05 bits per heavy atom. The SMILES string of the molecule is CC(C)(c1ccc(OCCCCCCCCOCCN2CCN(c3ccc4c(c3)C(=O)N(C3CCC(=O)NC3=O)C4=O)CC2)cc1)c1ccc(OCc2ccnc(CS(N)(=O)=O)n2)cc1. The van der Waals surface area contributed by atoms with Crippen molar-refractivity contribution in [2.45, 2.75) is 89.0 Å². The number of hydrogen-bond donors (Lipinski definition) is 2. The summed E-state index contributed by atoms with van der Waals surface area (Å²) < 4.78 is 40.7. The highest BCUT2D eigenvalue weighted by molar-refractivity contribution is 7.88. The first-order chi connectivity index (χ1) is 31.2. The van der Waals surface area contributed by atoms with Gasteiger partial charge in [-0.15, -0.1) is 0 Å². The van der Waals surface area contributed by atoms with Crippen LogP contribution in [0.2, 0.25) is 0 Å². The van der Waals surface area contributed by atoms with E-state index in [1.54, 1.807) is 18.2 Å². The molecule has 4 aromatic rings. The molecule has 3 N–H and O–H groups in total. The Morgan fingerprint density at radius 2 is 1.38 bits per heavy atom. The van der Waals surface area contributed by atoms with Crippen LogP contribution in [-0.4, -0.2) is 110 Å². The second-order valence-corrected chi connectivity index (χ2v) is 18.9. The molecule has 3 aliphatic rings. The zero-order valence-electron chi connectivity index (χ0n) is 37.2. The van der Waals surface area contributed by atoms with E-state index in [0.717, 1.165) is 86.9 Å². The molecular formula is C48H59N7O9S. The molecule has 4 heterocycles. The van der Waals surface area contributed by atoms with Crippen molar-refractivity contribution in [1.29, 1.82) is 0 Å². The quantitative estimate of drug-likeness (QED) is 0.0777. The Morgan fingerprint density at radius 1 is 0.754 bits per heavy atom. The normalized spacial score (nSPS) is 17.1. The predicted molar refractivity (Wildman–Crippen MR) is 244 cm³/mol. The maximum absolute atomic E-state index is 13.2. The second-order valence-electron chi connectivity index (χ2n) is 17.3. The largest absolute Gasteiger partial charge is 0.494 e. The van der Waals surface area contributed by atoms with Crippen LogP contribution in [0, 0.1) is 0 Å². The summed E-state index contributed by atoms with van der Waals surface area (Å²) in [5.74, 6) is -0.735. The van der Waals surface area contributed by atoms with Gasteiger partial charge in [0.25, 0.3) is 11.8 Å². The molecule has 3 aromatic carbocycles. The van der Waals surface area contributed by atoms with E-state index in [1.807, 2.05) is 42.5 Å². The zero-order valence-corrected chi connectivity index (χ0v) is 38.0. The summed E-state index contributed by atoms with van der Waals surface area (Å²) in [6, 6.07) is 22.2. The highest BCUT2D eigenvalue weighted by Crippen LogP contribution is 2.34. The van der Waals surface area contributed by atoms with Gasteiger partial charge in [-0.2, -0.15) is 0 Å². The lowest BCUT2D eigenvalue weighted by atomic mass is 9.78. The van der Waals surface area contributed by atoms with Gasteiger partial charge in [-0.05, 0) is 78.9 Å². The number of primary sulfonamides is 1. The summed E-state index contributed by atoms with van der Waals surface area (Å²) in [5, 5.41) is 7.35. The molecule has 16 nitrogen and oxygen atoms in total. The molecule has 0 spiro atoms. The van der Waals surface area contributed by atoms with Crippen LogP contribution >= 0.6 is 0 Å². The predicted octanol–water partition coefficient (Wildman–Crippen LogP) is 5.13. The molecule has 17 heteroatoms. The third-order valence-corrected chi connectivity index (χ3v) is 13.0. The summed E-state index contributed by atoms with van der Waals surface area (Å²) in [6.07, 6.45) is 8.38. The van der Waals surface area contributed by atoms with E-state index in [1.165, 1.54) is 24.6 Å². The van der Waals surface area contributed by atoms with Crippen molar-refractivity contribution in [1.82, 2.24) is 25.1 Å². The van der Waals surface area contributed by atoms with Crippen molar-refractivity contribution < 1.29 is 41.8 Å². The zero-order chi connectivity index (χ0) is 46.0. The van der Waals surface area contributed by atoms with Crippen LogP contribution in [-0.2, 0) is 42.1 Å². The monoisotopic (exact) mass is 909 g/mol. The summed E-state index contributed by atoms with van der Waals surface area (Å²) in [7, 11) is -3.72. The highest BCUT2D eigenvalue weighted by atomic mass is 32.2. The average molecular weight is 910 g/mol. The molecule has 65 heavy (non-hydrogen) atoms. The second kappa shape index (κ2) is 21.5. The highest BCUT2D eigenvalue weighted by Gasteiger charge is 2.45. The third kappa shape index (κ3) is 12.5. The van der Waals surface area contributed by atoms with Crippen molar-refractivity contribution in [2.24, 2.45) is 5.14 Å². The smallest absolute Gasteiger partial charge is 0.262 e. The number of ether oxygens (including phenoxy) is 3. The van der Waals surface area contributed by atoms with Gasteiger partial charge in [0.2, 0.25) is 21.8 Å². The molecule has 0 bridgehead atoms. The lowest BCUT2D eigenvalue weighted by molar-refractivity contribution is -0.136. The van der Waals surface area contributed by atoms with Crippen LogP contribution in [0.3, 0.4) is 0 Å². The number of nitrogens with two attached hydrogens (primary N) is 1. The number of hydrogen-bond acceptors (Lipinski definition) is 13. The van der Waals surface area contributed by atoms with Crippen molar-refractivity contribution in [3.8, 4) is 11.5 Å². The first kappa shape index (κ1) is 47.2. The van der Waals surface area contributed by atoms with Crippen LogP contribution in [0.15, 0.2) is 79.0 Å². The topological polar surface area (TPSA) is 204 Å². The van der Waals surface area contributed by atoms with Gasteiger partial charge in [0, 0.05) is 63.1 Å². The Balaban J connectivity index is 0.710. The maximum Gasteiger partial charge on any atom is 0.262 e. The minimum absolute atomic E-state index is 0.0931. The van der Waals surface area contributed by atoms with Crippen LogP contribution < -0.4 is 24.8 Å². The van der Waals surface area contributed by atoms with E-state index in [2.05, 4.69) is 51.1 Å². The van der Waals surface area contributed by atoms with Crippen LogP contribution in [0.1, 0.15) is 109 Å². The van der Waals surface area contributed by atoms with E-state index < -0.39 is 45.4 Å². The van der Waals surface area contributed by atoms with E-state index in [0.29, 0.717) is 35.8 Å². The van der Waals surface area contributed by atoms with Crippen LogP contribution in [0.5, 0.6) is 11.5 Å². The fourth-order valence-corrected chi connectivity index (χ4v) is 8.91. The molecule has 1 unspecified atom stereocenters. The first-order valence-electron chi connectivity index (χ1n) is 22.4. The molecule has 2 saturated heterocycles. The number of carbonyl (C=O) groups excluding carboxylic acids is 4. The number of imide groups is 2. The van der Waals surface area contributed by atoms with E-state index >= 15 is 0 Å². The Labute approximate surface area is 380 Å². The van der Waals surface area contributed by atoms with E-state index in [-0.39, 0.29) is 30.7 Å². The van der Waals surface area contributed by atoms with Crippen LogP contribution in [0.4, 0.5) is 5.69 Å². The molecular weight excluding hydrogens is 851 g/mol. The number of carbonyl (C=O) groups is 4. The Bertz CT molecular complexity index is 2420. The lowest BCUT2D eigenvalue weighted by Gasteiger charge is -2.36. The van der Waals surface area contributed by atoms with Gasteiger partial charge < -0.3 is 19.1 Å². The number of amides is 4. The number of piperidine rings is 1. The van der Waals surface area contributed by atoms with Crippen LogP contribution in [0.25, 0.3) is 0 Å². The number of nitrogens with zero attached hydrogens (tertiary/aromatic N) is 5. The molecule has 0 saturated carbocycles. The van der Waals surface area contributed by atoms with E-state index in [4.69, 9.17) is 19.3 Å². The number of sulfonamides is 1. The number of benzene rings is 3. The van der Waals surface area contributed by atoms with Gasteiger partial charge in [0.15, 0.2) is 0 Å². The van der Waals surface area contributed by atoms with Gasteiger partial charge in [0.1, 0.15) is 35.7 Å². The molecule has 346 valence electrons. The first-order valence-corrected chi connectivity index (χ1v) is 24.2. The molecule has 1 atom stereocenters. The standard InChI is InChI=1S/C48H59N7O9S/c1-48(2,35-11-16-39(17-12-35)64-32-36-21-22-50-43(51-36)33-65(49,60)61)34-9-14-38(15-10-34)63-29-8-6-4-3-5-7-28-62-30-27-53-23-25-54(26-24-53)37-13-18-40-41(31-37)47(59)55(46(40)58)42-19-20-44(56)52-45(42)57/h9-18,21-22,31,42H,3-8,19-20,23-30,32-33H2,1-2H3,(H2,49,60,61)(H,52,56,57). The van der Waals surface area contributed by atoms with E-state index in [9.17, 15) is 27.6 Å². The average Bonchev–Trinajstić information content (AvgIpc) is 3.53. The summed E-state index contributed by atoms with van der Waals surface area (Å²) >= 11 is 0. The number of rotatable bonds is 22. The van der Waals surface area contributed by atoms with Crippen molar-refractivity contribution in [3.05, 3.63) is 113 Å². The van der Waals surface area contributed by atoms with Gasteiger partial charge in [-0.3, -0.25) is 34.3 Å². The summed E-state index contributed by atoms with van der Waals surface area (Å²) in [5.41, 5.74) is 4.09. The molecule has 1 aromatic heterocycles. The number of anilines is 1. The molecule has 0 radical (unpaired) electrons. The minimum atomic E-state index is -3.72. The number of piperazine rings is 1. The minimum Gasteiger partial charge on any atom is -0.494 e. The van der Waals surface area contributed by atoms with Crippen molar-refractivity contribution >= 4 is 39.3 Å². The molecule has 4 amide bonds. The Kier molecular flexibility index (Phi) is 15.6. The molecule has 7 rings (SSSR count). The van der Waals surface area contributed by atoms with Gasteiger partial charge in [-0.1, -0.05) is 63.8 Å². The fourth-order valence-electron chi connectivity index (χ4n) is 8.42. The number of fused-ring (bicyclic) bond motifs is 1. The summed E-state index contributed by atoms with van der Waals surface area (Å²) in [6.45, 7) is 10.8. The molecule has 3 aliphatic heterocycles. The van der Waals surface area contributed by atoms with Gasteiger partial charge in [0.05, 0.1) is 30.0 Å².